The molecular weight excluding hydrogens is 222 g/mol. The zero-order valence-electron chi connectivity index (χ0n) is 10.2. The first-order valence-corrected chi connectivity index (χ1v) is 6.06. The number of rotatable bonds is 2. The largest absolute Gasteiger partial charge is 0.384 e. The van der Waals surface area contributed by atoms with Crippen LogP contribution in [0.2, 0.25) is 0 Å². The average Bonchev–Trinajstić information content (AvgIpc) is 2.85. The molecule has 0 spiro atoms. The lowest BCUT2D eigenvalue weighted by Crippen LogP contribution is -2.01. The first-order chi connectivity index (χ1) is 8.75. The molecule has 2 nitrogen and oxygen atoms in total. The van der Waals surface area contributed by atoms with E-state index >= 15 is 0 Å². The lowest BCUT2D eigenvalue weighted by molar-refractivity contribution is 0.219. The van der Waals surface area contributed by atoms with E-state index in [1.54, 1.807) is 0 Å². The molecule has 2 aromatic carbocycles. The van der Waals surface area contributed by atoms with E-state index in [1.165, 1.54) is 0 Å². The number of aliphatic hydroxyl groups excluding tert-OH is 1. The molecule has 1 aromatic heterocycles. The summed E-state index contributed by atoms with van der Waals surface area (Å²) in [5.41, 5.74) is 4.10. The Hall–Kier alpha value is -2.06. The van der Waals surface area contributed by atoms with Gasteiger partial charge in [-0.3, -0.25) is 0 Å². The van der Waals surface area contributed by atoms with E-state index < -0.39 is 6.10 Å². The number of aromatic amines is 1. The molecule has 0 aliphatic heterocycles. The summed E-state index contributed by atoms with van der Waals surface area (Å²) in [6.45, 7) is 2.02. The molecule has 90 valence electrons. The molecule has 1 atom stereocenters. The van der Waals surface area contributed by atoms with Gasteiger partial charge in [0.25, 0.3) is 0 Å². The summed E-state index contributed by atoms with van der Waals surface area (Å²) in [7, 11) is 0. The Kier molecular flexibility index (Phi) is 2.65. The van der Waals surface area contributed by atoms with Crippen molar-refractivity contribution in [2.24, 2.45) is 0 Å². The first kappa shape index (κ1) is 11.1. The molecule has 1 heterocycles. The maximum Gasteiger partial charge on any atom is 0.104 e. The highest BCUT2D eigenvalue weighted by molar-refractivity contribution is 5.80. The van der Waals surface area contributed by atoms with E-state index in [4.69, 9.17) is 0 Å². The maximum absolute atomic E-state index is 10.5. The second-order valence-electron chi connectivity index (χ2n) is 4.58. The van der Waals surface area contributed by atoms with E-state index in [-0.39, 0.29) is 0 Å². The molecule has 0 amide bonds. The number of hydrogen-bond acceptors (Lipinski definition) is 1. The van der Waals surface area contributed by atoms with E-state index in [2.05, 4.69) is 4.98 Å². The third-order valence-corrected chi connectivity index (χ3v) is 3.38. The Bertz CT molecular complexity index is 684. The molecule has 18 heavy (non-hydrogen) atoms. The minimum absolute atomic E-state index is 0.564. The predicted octanol–water partition coefficient (Wildman–Crippen LogP) is 3.56. The number of benzene rings is 2. The number of nitrogens with one attached hydrogen (secondary N) is 1. The van der Waals surface area contributed by atoms with Crippen molar-refractivity contribution in [3.63, 3.8) is 0 Å². The van der Waals surface area contributed by atoms with Gasteiger partial charge >= 0.3 is 0 Å². The van der Waals surface area contributed by atoms with Crippen molar-refractivity contribution < 1.29 is 5.11 Å². The highest BCUT2D eigenvalue weighted by Gasteiger charge is 2.12. The highest BCUT2D eigenvalue weighted by atomic mass is 16.3. The van der Waals surface area contributed by atoms with E-state index in [0.29, 0.717) is 0 Å². The topological polar surface area (TPSA) is 36.0 Å². The normalized spacial score (nSPS) is 12.8. The summed E-state index contributed by atoms with van der Waals surface area (Å²) in [5, 5.41) is 11.6. The Morgan fingerprint density at radius 3 is 2.72 bits per heavy atom. The van der Waals surface area contributed by atoms with Gasteiger partial charge in [-0.2, -0.15) is 0 Å². The van der Waals surface area contributed by atoms with Gasteiger partial charge < -0.3 is 10.1 Å². The van der Waals surface area contributed by atoms with Crippen molar-refractivity contribution in [3.8, 4) is 0 Å². The molecule has 1 unspecified atom stereocenters. The fraction of sp³-hybridized carbons (Fsp3) is 0.125. The smallest absolute Gasteiger partial charge is 0.104 e. The summed E-state index contributed by atoms with van der Waals surface area (Å²) in [6, 6.07) is 16.0. The number of H-pyrrole nitrogens is 1. The third kappa shape index (κ3) is 1.81. The number of aryl methyl sites for hydroxylation is 1. The molecule has 0 radical (unpaired) electrons. The molecule has 3 aromatic rings. The van der Waals surface area contributed by atoms with Crippen LogP contribution in [0.15, 0.2) is 54.7 Å². The van der Waals surface area contributed by atoms with Gasteiger partial charge in [0.2, 0.25) is 0 Å². The Morgan fingerprint density at radius 1 is 1.06 bits per heavy atom. The van der Waals surface area contributed by atoms with Crippen LogP contribution in [0.5, 0.6) is 0 Å². The van der Waals surface area contributed by atoms with Crippen LogP contribution in [0.4, 0.5) is 0 Å². The maximum atomic E-state index is 10.5. The molecule has 0 saturated heterocycles. The zero-order valence-corrected chi connectivity index (χ0v) is 10.2. The zero-order chi connectivity index (χ0) is 12.5. The molecule has 0 aliphatic carbocycles. The highest BCUT2D eigenvalue weighted by Crippen LogP contribution is 2.26. The van der Waals surface area contributed by atoms with Gasteiger partial charge in [0.15, 0.2) is 0 Å². The van der Waals surface area contributed by atoms with Crippen molar-refractivity contribution >= 4 is 10.9 Å². The standard InChI is InChI=1S/C16H15NO/c1-11-4-2-3-5-14(11)16(18)13-6-7-15-12(10-13)8-9-17-15/h2-10,16-18H,1H3. The second kappa shape index (κ2) is 4.31. The summed E-state index contributed by atoms with van der Waals surface area (Å²) in [4.78, 5) is 3.16. The quantitative estimate of drug-likeness (QED) is 0.702. The SMILES string of the molecule is Cc1ccccc1C(O)c1ccc2[nH]ccc2c1. The Balaban J connectivity index is 2.06. The van der Waals surface area contributed by atoms with Crippen molar-refractivity contribution in [1.29, 1.82) is 0 Å². The lowest BCUT2D eigenvalue weighted by atomic mass is 9.97. The van der Waals surface area contributed by atoms with Crippen molar-refractivity contribution in [1.82, 2.24) is 4.98 Å². The molecule has 2 heteroatoms. The van der Waals surface area contributed by atoms with Gasteiger partial charge in [0.1, 0.15) is 6.10 Å². The van der Waals surface area contributed by atoms with Crippen LogP contribution in [0.25, 0.3) is 10.9 Å². The van der Waals surface area contributed by atoms with Crippen LogP contribution < -0.4 is 0 Å². The summed E-state index contributed by atoms with van der Waals surface area (Å²) >= 11 is 0. The monoisotopic (exact) mass is 237 g/mol. The van der Waals surface area contributed by atoms with Gasteiger partial charge in [-0.15, -0.1) is 0 Å². The molecule has 0 fully saturated rings. The van der Waals surface area contributed by atoms with Crippen LogP contribution >= 0.6 is 0 Å². The van der Waals surface area contributed by atoms with Crippen LogP contribution in [0.1, 0.15) is 22.8 Å². The van der Waals surface area contributed by atoms with Crippen LogP contribution in [-0.4, -0.2) is 10.1 Å². The van der Waals surface area contributed by atoms with Gasteiger partial charge in [-0.1, -0.05) is 30.3 Å². The molecule has 0 saturated carbocycles. The third-order valence-electron chi connectivity index (χ3n) is 3.38. The number of hydrogen-bond donors (Lipinski definition) is 2. The molecular formula is C16H15NO. The summed E-state index contributed by atoms with van der Waals surface area (Å²) in [5.74, 6) is 0. The number of aromatic nitrogens is 1. The van der Waals surface area contributed by atoms with E-state index in [1.807, 2.05) is 61.7 Å². The fourth-order valence-electron chi connectivity index (χ4n) is 2.31. The minimum atomic E-state index is -0.564. The van der Waals surface area contributed by atoms with Crippen LogP contribution in [0.3, 0.4) is 0 Å². The lowest BCUT2D eigenvalue weighted by Gasteiger charge is -2.14. The molecule has 3 rings (SSSR count). The van der Waals surface area contributed by atoms with Crippen LogP contribution in [-0.2, 0) is 0 Å². The minimum Gasteiger partial charge on any atom is -0.384 e. The average molecular weight is 237 g/mol. The van der Waals surface area contributed by atoms with Crippen molar-refractivity contribution in [2.45, 2.75) is 13.0 Å². The summed E-state index contributed by atoms with van der Waals surface area (Å²) in [6.07, 6.45) is 1.35. The predicted molar refractivity (Wildman–Crippen MR) is 73.5 cm³/mol. The molecule has 2 N–H and O–H groups in total. The van der Waals surface area contributed by atoms with Gasteiger partial charge in [-0.25, -0.2) is 0 Å². The summed E-state index contributed by atoms with van der Waals surface area (Å²) < 4.78 is 0. The number of fused-ring (bicyclic) bond motifs is 1. The van der Waals surface area contributed by atoms with E-state index in [0.717, 1.165) is 27.6 Å². The Morgan fingerprint density at radius 2 is 1.89 bits per heavy atom. The first-order valence-electron chi connectivity index (χ1n) is 6.06. The van der Waals surface area contributed by atoms with Crippen molar-refractivity contribution in [3.05, 3.63) is 71.4 Å². The second-order valence-corrected chi connectivity index (χ2v) is 4.58. The van der Waals surface area contributed by atoms with Gasteiger partial charge in [0.05, 0.1) is 0 Å². The Labute approximate surface area is 106 Å². The van der Waals surface area contributed by atoms with Gasteiger partial charge in [-0.05, 0) is 47.2 Å². The van der Waals surface area contributed by atoms with Gasteiger partial charge in [0, 0.05) is 11.7 Å². The molecule has 0 aliphatic rings. The van der Waals surface area contributed by atoms with Crippen molar-refractivity contribution in [2.75, 3.05) is 0 Å². The van der Waals surface area contributed by atoms with Crippen LogP contribution in [0, 0.1) is 6.92 Å². The number of aliphatic hydroxyl groups is 1. The van der Waals surface area contributed by atoms with E-state index in [9.17, 15) is 5.11 Å². The fourth-order valence-corrected chi connectivity index (χ4v) is 2.31. The molecule has 0 bridgehead atoms.